The van der Waals surface area contributed by atoms with E-state index >= 15 is 0 Å². The van der Waals surface area contributed by atoms with Crippen LogP contribution in [0.15, 0.2) is 30.6 Å². The van der Waals surface area contributed by atoms with Crippen molar-refractivity contribution < 1.29 is 4.79 Å². The number of amides is 1. The highest BCUT2D eigenvalue weighted by molar-refractivity contribution is 5.97. The van der Waals surface area contributed by atoms with Gasteiger partial charge >= 0.3 is 0 Å². The molecular formula is C15H17N7O. The topological polar surface area (TPSA) is 93.8 Å². The molecule has 1 aliphatic rings. The normalized spacial score (nSPS) is 19.3. The molecule has 1 atom stereocenters. The van der Waals surface area contributed by atoms with Gasteiger partial charge in [-0.3, -0.25) is 9.69 Å². The maximum atomic E-state index is 12.8. The van der Waals surface area contributed by atoms with Crippen molar-refractivity contribution in [3.8, 4) is 0 Å². The molecular weight excluding hydrogens is 294 g/mol. The Bertz CT molecular complexity index is 825. The summed E-state index contributed by atoms with van der Waals surface area (Å²) in [5.41, 5.74) is 2.09. The van der Waals surface area contributed by atoms with E-state index < -0.39 is 0 Å². The monoisotopic (exact) mass is 311 g/mol. The number of hydrogen-bond acceptors (Lipinski definition) is 5. The molecule has 3 aromatic rings. The number of aromatic amines is 2. The van der Waals surface area contributed by atoms with Gasteiger partial charge in [0.2, 0.25) is 0 Å². The highest BCUT2D eigenvalue weighted by atomic mass is 16.2. The number of rotatable bonds is 2. The van der Waals surface area contributed by atoms with Crippen LogP contribution in [0.5, 0.6) is 0 Å². The van der Waals surface area contributed by atoms with E-state index in [1.807, 2.05) is 17.2 Å². The van der Waals surface area contributed by atoms with Crippen LogP contribution in [0.25, 0.3) is 11.0 Å². The van der Waals surface area contributed by atoms with Crippen molar-refractivity contribution in [2.45, 2.75) is 6.04 Å². The lowest BCUT2D eigenvalue weighted by Crippen LogP contribution is -2.49. The molecule has 118 valence electrons. The van der Waals surface area contributed by atoms with Crippen LogP contribution in [0.1, 0.15) is 22.2 Å². The average molecular weight is 311 g/mol. The first-order valence-electron chi connectivity index (χ1n) is 7.52. The first-order chi connectivity index (χ1) is 11.2. The molecule has 1 amide bonds. The Hall–Kier alpha value is -2.74. The third-order valence-corrected chi connectivity index (χ3v) is 4.33. The van der Waals surface area contributed by atoms with Crippen molar-refractivity contribution >= 4 is 16.9 Å². The molecule has 8 nitrogen and oxygen atoms in total. The fourth-order valence-corrected chi connectivity index (χ4v) is 2.97. The number of benzene rings is 1. The number of nitrogens with one attached hydrogen (secondary N) is 2. The second-order valence-corrected chi connectivity index (χ2v) is 5.75. The summed E-state index contributed by atoms with van der Waals surface area (Å²) in [5, 5.41) is 10.6. The fourth-order valence-electron chi connectivity index (χ4n) is 2.97. The molecule has 2 N–H and O–H groups in total. The number of nitrogens with zero attached hydrogens (tertiary/aromatic N) is 5. The minimum Gasteiger partial charge on any atom is -0.347 e. The Morgan fingerprint density at radius 1 is 1.26 bits per heavy atom. The Morgan fingerprint density at radius 2 is 2.13 bits per heavy atom. The van der Waals surface area contributed by atoms with Gasteiger partial charge in [-0.2, -0.15) is 15.4 Å². The van der Waals surface area contributed by atoms with E-state index in [-0.39, 0.29) is 11.9 Å². The Balaban J connectivity index is 1.58. The minimum atomic E-state index is 0.0135. The van der Waals surface area contributed by atoms with Gasteiger partial charge in [-0.15, -0.1) is 0 Å². The highest BCUT2D eigenvalue weighted by Gasteiger charge is 2.30. The third-order valence-electron chi connectivity index (χ3n) is 4.33. The number of hydrogen-bond donors (Lipinski definition) is 2. The van der Waals surface area contributed by atoms with Crippen molar-refractivity contribution in [2.75, 3.05) is 26.7 Å². The second kappa shape index (κ2) is 5.47. The van der Waals surface area contributed by atoms with Gasteiger partial charge < -0.3 is 9.88 Å². The van der Waals surface area contributed by atoms with Crippen LogP contribution in [-0.2, 0) is 0 Å². The number of imidazole rings is 1. The van der Waals surface area contributed by atoms with Gasteiger partial charge in [-0.05, 0) is 25.2 Å². The van der Waals surface area contributed by atoms with Crippen LogP contribution in [0, 0.1) is 0 Å². The molecule has 0 bridgehead atoms. The summed E-state index contributed by atoms with van der Waals surface area (Å²) in [6.07, 6.45) is 3.55. The molecule has 1 aliphatic heterocycles. The molecule has 4 rings (SSSR count). The van der Waals surface area contributed by atoms with Gasteiger partial charge in [0, 0.05) is 37.6 Å². The molecule has 0 radical (unpaired) electrons. The zero-order valence-corrected chi connectivity index (χ0v) is 12.7. The molecule has 0 aliphatic carbocycles. The summed E-state index contributed by atoms with van der Waals surface area (Å²) in [6, 6.07) is 5.47. The van der Waals surface area contributed by atoms with Crippen molar-refractivity contribution in [1.82, 2.24) is 35.2 Å². The van der Waals surface area contributed by atoms with E-state index in [9.17, 15) is 4.79 Å². The molecule has 8 heteroatoms. The van der Waals surface area contributed by atoms with Crippen LogP contribution in [0.3, 0.4) is 0 Å². The summed E-state index contributed by atoms with van der Waals surface area (Å²) in [4.78, 5) is 24.4. The van der Waals surface area contributed by atoms with E-state index in [0.717, 1.165) is 17.9 Å². The van der Waals surface area contributed by atoms with E-state index in [0.29, 0.717) is 24.2 Å². The Kier molecular flexibility index (Phi) is 3.30. The molecule has 1 unspecified atom stereocenters. The number of likely N-dealkylation sites (N-methyl/N-ethyl adjacent to an activating group) is 1. The lowest BCUT2D eigenvalue weighted by Gasteiger charge is -2.38. The van der Waals surface area contributed by atoms with Gasteiger partial charge in [-0.1, -0.05) is 0 Å². The lowest BCUT2D eigenvalue weighted by molar-refractivity contribution is 0.0534. The predicted octanol–water partition coefficient (Wildman–Crippen LogP) is 0.810. The summed E-state index contributed by atoms with van der Waals surface area (Å²) in [5.74, 6) is 0.900. The maximum absolute atomic E-state index is 12.8. The zero-order valence-electron chi connectivity index (χ0n) is 12.7. The minimum absolute atomic E-state index is 0.0135. The molecule has 0 spiro atoms. The standard InChI is InChI=1S/C15H17N7O/c1-21-6-7-22(9-13(21)14-16-4-5-17-14)15(23)10-2-3-11-12(8-10)19-20-18-11/h2-5,8,13H,6-7,9H2,1H3,(H,16,17)(H,18,19,20). The first kappa shape index (κ1) is 13.9. The van der Waals surface area contributed by atoms with Gasteiger partial charge in [0.15, 0.2) is 0 Å². The van der Waals surface area contributed by atoms with Gasteiger partial charge in [-0.25, -0.2) is 4.98 Å². The Morgan fingerprint density at radius 3 is 2.96 bits per heavy atom. The van der Waals surface area contributed by atoms with Crippen molar-refractivity contribution in [3.63, 3.8) is 0 Å². The number of carbonyl (C=O) groups is 1. The number of piperazine rings is 1. The summed E-state index contributed by atoms with van der Waals surface area (Å²) < 4.78 is 0. The number of H-pyrrole nitrogens is 2. The molecule has 1 fully saturated rings. The predicted molar refractivity (Wildman–Crippen MR) is 83.8 cm³/mol. The quantitative estimate of drug-likeness (QED) is 0.730. The van der Waals surface area contributed by atoms with Crippen molar-refractivity contribution in [1.29, 1.82) is 0 Å². The van der Waals surface area contributed by atoms with Crippen LogP contribution >= 0.6 is 0 Å². The van der Waals surface area contributed by atoms with Crippen LogP contribution in [0.4, 0.5) is 0 Å². The lowest BCUT2D eigenvalue weighted by atomic mass is 10.1. The van der Waals surface area contributed by atoms with Gasteiger partial charge in [0.25, 0.3) is 5.91 Å². The third kappa shape index (κ3) is 2.46. The fraction of sp³-hybridized carbons (Fsp3) is 0.333. The van der Waals surface area contributed by atoms with Crippen LogP contribution in [-0.4, -0.2) is 67.8 Å². The summed E-state index contributed by atoms with van der Waals surface area (Å²) in [7, 11) is 2.05. The first-order valence-corrected chi connectivity index (χ1v) is 7.52. The molecule has 1 saturated heterocycles. The summed E-state index contributed by atoms with van der Waals surface area (Å²) in [6.45, 7) is 2.12. The smallest absolute Gasteiger partial charge is 0.254 e. The number of fused-ring (bicyclic) bond motifs is 1. The van der Waals surface area contributed by atoms with Crippen molar-refractivity contribution in [2.24, 2.45) is 0 Å². The van der Waals surface area contributed by atoms with Gasteiger partial charge in [0.05, 0.1) is 6.04 Å². The van der Waals surface area contributed by atoms with Gasteiger partial charge in [0.1, 0.15) is 16.9 Å². The second-order valence-electron chi connectivity index (χ2n) is 5.75. The van der Waals surface area contributed by atoms with Crippen LogP contribution in [0.2, 0.25) is 0 Å². The Labute approximate surface area is 132 Å². The molecule has 1 aromatic carbocycles. The average Bonchev–Trinajstić information content (AvgIpc) is 3.25. The van der Waals surface area contributed by atoms with Crippen molar-refractivity contribution in [3.05, 3.63) is 42.0 Å². The largest absolute Gasteiger partial charge is 0.347 e. The highest BCUT2D eigenvalue weighted by Crippen LogP contribution is 2.23. The summed E-state index contributed by atoms with van der Waals surface area (Å²) >= 11 is 0. The molecule has 2 aromatic heterocycles. The van der Waals surface area contributed by atoms with E-state index in [1.54, 1.807) is 18.3 Å². The molecule has 3 heterocycles. The van der Waals surface area contributed by atoms with E-state index in [1.165, 1.54) is 0 Å². The molecule has 23 heavy (non-hydrogen) atoms. The molecule has 0 saturated carbocycles. The van der Waals surface area contributed by atoms with E-state index in [4.69, 9.17) is 0 Å². The zero-order chi connectivity index (χ0) is 15.8. The number of aromatic nitrogens is 5. The van der Waals surface area contributed by atoms with Crippen LogP contribution < -0.4 is 0 Å². The SMILES string of the molecule is CN1CCN(C(=O)c2ccc3n[nH]nc3c2)CC1c1ncc[nH]1. The van der Waals surface area contributed by atoms with E-state index in [2.05, 4.69) is 37.3 Å². The number of carbonyl (C=O) groups excluding carboxylic acids is 1. The maximum Gasteiger partial charge on any atom is 0.254 e.